The summed E-state index contributed by atoms with van der Waals surface area (Å²) in [5, 5.41) is 0. The predicted octanol–water partition coefficient (Wildman–Crippen LogP) is 4.33. The largest absolute Gasteiger partial charge is 0.444 e. The third-order valence-electron chi connectivity index (χ3n) is 3.85. The van der Waals surface area contributed by atoms with Crippen molar-refractivity contribution in [3.8, 4) is 5.75 Å². The number of hydrogen-bond acceptors (Lipinski definition) is 4. The van der Waals surface area contributed by atoms with Crippen LogP contribution in [0.15, 0.2) is 24.3 Å². The zero-order valence-corrected chi connectivity index (χ0v) is 17.0. The summed E-state index contributed by atoms with van der Waals surface area (Å²) in [6, 6.07) is 7.32. The predicted molar refractivity (Wildman–Crippen MR) is 103 cm³/mol. The van der Waals surface area contributed by atoms with Crippen LogP contribution >= 0.6 is 0 Å². The highest BCUT2D eigenvalue weighted by molar-refractivity contribution is 5.70. The number of likely N-dealkylation sites (N-methyl/N-ethyl adjacent to an activating group) is 1. The van der Waals surface area contributed by atoms with Gasteiger partial charge in [0, 0.05) is 26.7 Å². The average molecular weight is 364 g/mol. The van der Waals surface area contributed by atoms with Crippen LogP contribution in [0.1, 0.15) is 46.6 Å². The van der Waals surface area contributed by atoms with E-state index < -0.39 is 5.60 Å². The monoisotopic (exact) mass is 364 g/mol. The molecule has 0 saturated carbocycles. The number of amides is 2. The first-order valence-electron chi connectivity index (χ1n) is 9.01. The Bertz CT molecular complexity index is 610. The Hall–Kier alpha value is -2.24. The van der Waals surface area contributed by atoms with Crippen molar-refractivity contribution >= 4 is 12.2 Å². The molecule has 1 aromatic rings. The molecule has 1 unspecified atom stereocenters. The van der Waals surface area contributed by atoms with Gasteiger partial charge in [-0.2, -0.15) is 0 Å². The third-order valence-corrected chi connectivity index (χ3v) is 3.85. The minimum Gasteiger partial charge on any atom is -0.444 e. The number of carbonyl (C=O) groups is 2. The van der Waals surface area contributed by atoms with Gasteiger partial charge in [-0.25, -0.2) is 9.59 Å². The summed E-state index contributed by atoms with van der Waals surface area (Å²) in [7, 11) is 3.44. The van der Waals surface area contributed by atoms with E-state index in [4.69, 9.17) is 9.47 Å². The lowest BCUT2D eigenvalue weighted by Gasteiger charge is -2.28. The van der Waals surface area contributed by atoms with Gasteiger partial charge in [0.15, 0.2) is 0 Å². The van der Waals surface area contributed by atoms with Crippen molar-refractivity contribution in [2.75, 3.05) is 20.6 Å². The van der Waals surface area contributed by atoms with E-state index in [2.05, 4.69) is 0 Å². The fourth-order valence-electron chi connectivity index (χ4n) is 2.33. The van der Waals surface area contributed by atoms with Crippen LogP contribution in [0, 0.1) is 0 Å². The maximum absolute atomic E-state index is 12.2. The highest BCUT2D eigenvalue weighted by Crippen LogP contribution is 2.18. The zero-order valence-electron chi connectivity index (χ0n) is 17.0. The van der Waals surface area contributed by atoms with E-state index in [-0.39, 0.29) is 18.2 Å². The van der Waals surface area contributed by atoms with Crippen molar-refractivity contribution in [2.45, 2.75) is 59.1 Å². The molecular weight excluding hydrogens is 332 g/mol. The molecule has 0 saturated heterocycles. The minimum atomic E-state index is -0.524. The van der Waals surface area contributed by atoms with E-state index in [0.717, 1.165) is 12.0 Å². The highest BCUT2D eigenvalue weighted by Gasteiger charge is 2.23. The van der Waals surface area contributed by atoms with Gasteiger partial charge in [0.05, 0.1) is 0 Å². The van der Waals surface area contributed by atoms with Gasteiger partial charge >= 0.3 is 12.2 Å². The lowest BCUT2D eigenvalue weighted by molar-refractivity contribution is 0.0236. The normalized spacial score (nSPS) is 12.3. The average Bonchev–Trinajstić information content (AvgIpc) is 2.52. The van der Waals surface area contributed by atoms with E-state index in [1.165, 1.54) is 0 Å². The van der Waals surface area contributed by atoms with Crippen LogP contribution in [0.3, 0.4) is 0 Å². The molecule has 6 nitrogen and oxygen atoms in total. The fraction of sp³-hybridized carbons (Fsp3) is 0.600. The van der Waals surface area contributed by atoms with Crippen LogP contribution in [-0.2, 0) is 11.2 Å². The van der Waals surface area contributed by atoms with E-state index in [0.29, 0.717) is 18.7 Å². The molecule has 1 aromatic carbocycles. The second-order valence-electron chi connectivity index (χ2n) is 7.58. The zero-order chi connectivity index (χ0) is 19.9. The molecule has 1 atom stereocenters. The summed E-state index contributed by atoms with van der Waals surface area (Å²) >= 11 is 0. The van der Waals surface area contributed by atoms with E-state index in [1.54, 1.807) is 30.0 Å². The van der Waals surface area contributed by atoms with Crippen LogP contribution in [0.25, 0.3) is 0 Å². The molecule has 0 fully saturated rings. The number of benzene rings is 1. The first kappa shape index (κ1) is 21.8. The number of nitrogens with zero attached hydrogens (tertiary/aromatic N) is 2. The Balaban J connectivity index is 2.70. The van der Waals surface area contributed by atoms with Crippen molar-refractivity contribution in [2.24, 2.45) is 0 Å². The number of ether oxygens (including phenoxy) is 2. The number of rotatable bonds is 6. The van der Waals surface area contributed by atoms with Crippen molar-refractivity contribution in [3.05, 3.63) is 29.8 Å². The van der Waals surface area contributed by atoms with Crippen molar-refractivity contribution in [1.29, 1.82) is 0 Å². The van der Waals surface area contributed by atoms with Crippen LogP contribution in [0.5, 0.6) is 5.75 Å². The molecule has 0 heterocycles. The Kier molecular flexibility index (Phi) is 7.93. The summed E-state index contributed by atoms with van der Waals surface area (Å²) < 4.78 is 10.8. The van der Waals surface area contributed by atoms with Crippen molar-refractivity contribution in [1.82, 2.24) is 9.80 Å². The fourth-order valence-corrected chi connectivity index (χ4v) is 2.33. The van der Waals surface area contributed by atoms with Gasteiger partial charge in [-0.05, 0) is 58.2 Å². The van der Waals surface area contributed by atoms with E-state index in [1.807, 2.05) is 52.8 Å². The molecule has 6 heteroatoms. The van der Waals surface area contributed by atoms with Gasteiger partial charge in [-0.15, -0.1) is 0 Å². The first-order chi connectivity index (χ1) is 12.0. The van der Waals surface area contributed by atoms with Crippen molar-refractivity contribution < 1.29 is 19.1 Å². The van der Waals surface area contributed by atoms with Crippen LogP contribution < -0.4 is 4.74 Å². The summed E-state index contributed by atoms with van der Waals surface area (Å²) in [5.74, 6) is 0.502. The van der Waals surface area contributed by atoms with Crippen LogP contribution in [0.4, 0.5) is 9.59 Å². The van der Waals surface area contributed by atoms with Crippen LogP contribution in [0.2, 0.25) is 0 Å². The minimum absolute atomic E-state index is 0.0569. The quantitative estimate of drug-likeness (QED) is 0.754. The summed E-state index contributed by atoms with van der Waals surface area (Å²) in [4.78, 5) is 27.3. The topological polar surface area (TPSA) is 59.1 Å². The Morgan fingerprint density at radius 1 is 1.15 bits per heavy atom. The summed E-state index contributed by atoms with van der Waals surface area (Å²) in [5.41, 5.74) is 0.459. The maximum atomic E-state index is 12.2. The molecule has 26 heavy (non-hydrogen) atoms. The van der Waals surface area contributed by atoms with Gasteiger partial charge in [-0.1, -0.05) is 19.1 Å². The molecule has 0 aliphatic rings. The first-order valence-corrected chi connectivity index (χ1v) is 9.01. The summed E-state index contributed by atoms with van der Waals surface area (Å²) in [6.45, 7) is 10.1. The second kappa shape index (κ2) is 9.46. The highest BCUT2D eigenvalue weighted by atomic mass is 16.6. The molecule has 2 amide bonds. The van der Waals surface area contributed by atoms with Gasteiger partial charge in [-0.3, -0.25) is 0 Å². The third kappa shape index (κ3) is 7.33. The van der Waals surface area contributed by atoms with Gasteiger partial charge in [0.1, 0.15) is 11.4 Å². The summed E-state index contributed by atoms with van der Waals surface area (Å²) in [6.07, 6.45) is 0.781. The molecule has 0 spiro atoms. The maximum Gasteiger partial charge on any atom is 0.414 e. The molecule has 0 bridgehead atoms. The SMILES string of the molecule is CCCN(C)C(=O)Oc1cccc(CC(C)N(C)C(=O)OC(C)(C)C)c1. The molecule has 1 rings (SSSR count). The van der Waals surface area contributed by atoms with E-state index in [9.17, 15) is 9.59 Å². The lowest BCUT2D eigenvalue weighted by Crippen LogP contribution is -2.40. The Labute approximate surface area is 157 Å². The standard InChI is InChI=1S/C20H32N2O4/c1-8-12-21(6)18(23)25-17-11-9-10-16(14-17)13-15(2)22(7)19(24)26-20(3,4)5/h9-11,14-15H,8,12-13H2,1-7H3. The number of hydrogen-bond donors (Lipinski definition) is 0. The van der Waals surface area contributed by atoms with Crippen LogP contribution in [-0.4, -0.2) is 54.3 Å². The molecule has 0 aromatic heterocycles. The molecule has 146 valence electrons. The smallest absolute Gasteiger partial charge is 0.414 e. The molecule has 0 radical (unpaired) electrons. The second-order valence-corrected chi connectivity index (χ2v) is 7.58. The Morgan fingerprint density at radius 3 is 2.38 bits per heavy atom. The number of carbonyl (C=O) groups excluding carboxylic acids is 2. The van der Waals surface area contributed by atoms with Crippen molar-refractivity contribution in [3.63, 3.8) is 0 Å². The van der Waals surface area contributed by atoms with Gasteiger partial charge in [0.2, 0.25) is 0 Å². The van der Waals surface area contributed by atoms with Gasteiger partial charge in [0.25, 0.3) is 0 Å². The molecular formula is C20H32N2O4. The molecule has 0 N–H and O–H groups in total. The van der Waals surface area contributed by atoms with Gasteiger partial charge < -0.3 is 19.3 Å². The van der Waals surface area contributed by atoms with E-state index >= 15 is 0 Å². The lowest BCUT2D eigenvalue weighted by atomic mass is 10.1. The molecule has 0 aliphatic heterocycles. The Morgan fingerprint density at radius 2 is 1.81 bits per heavy atom. The molecule has 0 aliphatic carbocycles.